The van der Waals surface area contributed by atoms with Crippen molar-refractivity contribution in [1.82, 2.24) is 4.98 Å². The highest BCUT2D eigenvalue weighted by Crippen LogP contribution is 2.33. The van der Waals surface area contributed by atoms with Crippen LogP contribution in [0.4, 0.5) is 0 Å². The van der Waals surface area contributed by atoms with Gasteiger partial charge >= 0.3 is 5.97 Å². The minimum absolute atomic E-state index is 0.187. The van der Waals surface area contributed by atoms with Crippen molar-refractivity contribution in [3.05, 3.63) is 53.4 Å². The highest BCUT2D eigenvalue weighted by molar-refractivity contribution is 7.13. The molecule has 6 heteroatoms. The Hall–Kier alpha value is -2.86. The van der Waals surface area contributed by atoms with Crippen LogP contribution in [0.2, 0.25) is 0 Å². The molecule has 3 aromatic rings. The zero-order valence-electron chi connectivity index (χ0n) is 11.2. The molecule has 1 heterocycles. The number of phenols is 2. The second kappa shape index (κ2) is 5.50. The van der Waals surface area contributed by atoms with Crippen molar-refractivity contribution in [3.63, 3.8) is 0 Å². The van der Waals surface area contributed by atoms with E-state index in [0.717, 1.165) is 5.56 Å². The Bertz CT molecular complexity index is 857. The summed E-state index contributed by atoms with van der Waals surface area (Å²) in [5, 5.41) is 30.4. The van der Waals surface area contributed by atoms with E-state index in [4.69, 9.17) is 5.11 Å². The van der Waals surface area contributed by atoms with E-state index in [1.165, 1.54) is 29.5 Å². The zero-order chi connectivity index (χ0) is 15.7. The summed E-state index contributed by atoms with van der Waals surface area (Å²) < 4.78 is 0. The van der Waals surface area contributed by atoms with Crippen molar-refractivity contribution >= 4 is 17.3 Å². The summed E-state index contributed by atoms with van der Waals surface area (Å²) in [6, 6.07) is 11.0. The van der Waals surface area contributed by atoms with Gasteiger partial charge in [-0.25, -0.2) is 9.78 Å². The van der Waals surface area contributed by atoms with Crippen LogP contribution in [0.1, 0.15) is 10.4 Å². The quantitative estimate of drug-likeness (QED) is 0.643. The normalized spacial score (nSPS) is 10.5. The molecule has 0 radical (unpaired) electrons. The molecule has 3 N–H and O–H groups in total. The van der Waals surface area contributed by atoms with Gasteiger partial charge in [-0.3, -0.25) is 0 Å². The first-order valence-corrected chi connectivity index (χ1v) is 7.24. The Labute approximate surface area is 129 Å². The maximum atomic E-state index is 11.0. The number of carboxylic acids is 1. The average molecular weight is 313 g/mol. The fourth-order valence-electron chi connectivity index (χ4n) is 2.01. The lowest BCUT2D eigenvalue weighted by atomic mass is 10.1. The van der Waals surface area contributed by atoms with Gasteiger partial charge in [-0.2, -0.15) is 0 Å². The number of thiazole rings is 1. The molecular formula is C16H11NO4S. The van der Waals surface area contributed by atoms with Gasteiger partial charge in [0.05, 0.1) is 11.3 Å². The van der Waals surface area contributed by atoms with Crippen LogP contribution in [0.5, 0.6) is 11.5 Å². The molecule has 0 unspecified atom stereocenters. The molecule has 0 spiro atoms. The van der Waals surface area contributed by atoms with Crippen molar-refractivity contribution in [3.8, 4) is 33.3 Å². The SMILES string of the molecule is O=C(O)c1cccc(-c2nc(-c3ccc(O)c(O)c3)cs2)c1. The van der Waals surface area contributed by atoms with E-state index in [2.05, 4.69) is 4.98 Å². The first kappa shape index (κ1) is 14.1. The van der Waals surface area contributed by atoms with E-state index in [-0.39, 0.29) is 17.1 Å². The first-order chi connectivity index (χ1) is 10.5. The van der Waals surface area contributed by atoms with E-state index in [1.807, 2.05) is 5.38 Å². The second-order valence-electron chi connectivity index (χ2n) is 4.63. The molecule has 110 valence electrons. The maximum absolute atomic E-state index is 11.0. The lowest BCUT2D eigenvalue weighted by molar-refractivity contribution is 0.0697. The minimum atomic E-state index is -0.984. The zero-order valence-corrected chi connectivity index (χ0v) is 12.0. The number of carboxylic acid groups (broad SMARTS) is 1. The first-order valence-electron chi connectivity index (χ1n) is 6.36. The highest BCUT2D eigenvalue weighted by atomic mass is 32.1. The number of hydrogen-bond acceptors (Lipinski definition) is 5. The number of benzene rings is 2. The molecule has 0 atom stereocenters. The summed E-state index contributed by atoms with van der Waals surface area (Å²) in [5.41, 5.74) is 2.25. The van der Waals surface area contributed by atoms with Gasteiger partial charge < -0.3 is 15.3 Å². The molecule has 5 nitrogen and oxygen atoms in total. The van der Waals surface area contributed by atoms with E-state index in [1.54, 1.807) is 24.3 Å². The van der Waals surface area contributed by atoms with Crippen LogP contribution in [-0.2, 0) is 0 Å². The number of aromatic nitrogens is 1. The molecule has 0 amide bonds. The van der Waals surface area contributed by atoms with E-state index < -0.39 is 5.97 Å². The molecule has 0 aliphatic rings. The predicted molar refractivity (Wildman–Crippen MR) is 83.3 cm³/mol. The summed E-state index contributed by atoms with van der Waals surface area (Å²) >= 11 is 1.38. The number of nitrogens with zero attached hydrogens (tertiary/aromatic N) is 1. The molecule has 0 fully saturated rings. The van der Waals surface area contributed by atoms with Crippen molar-refractivity contribution in [2.24, 2.45) is 0 Å². The third kappa shape index (κ3) is 2.64. The van der Waals surface area contributed by atoms with Gasteiger partial charge in [0.15, 0.2) is 11.5 Å². The topological polar surface area (TPSA) is 90.7 Å². The summed E-state index contributed by atoms with van der Waals surface area (Å²) in [4.78, 5) is 15.5. The van der Waals surface area contributed by atoms with Gasteiger partial charge in [-0.15, -0.1) is 11.3 Å². The predicted octanol–water partition coefficient (Wildman–Crippen LogP) is 3.59. The number of aromatic hydroxyl groups is 2. The third-order valence-electron chi connectivity index (χ3n) is 3.13. The Morgan fingerprint density at radius 1 is 1.00 bits per heavy atom. The van der Waals surface area contributed by atoms with Crippen molar-refractivity contribution in [2.75, 3.05) is 0 Å². The average Bonchev–Trinajstić information content (AvgIpc) is 3.00. The van der Waals surface area contributed by atoms with Gasteiger partial charge in [0.2, 0.25) is 0 Å². The fourth-order valence-corrected chi connectivity index (χ4v) is 2.83. The lowest BCUT2D eigenvalue weighted by Crippen LogP contribution is -1.95. The Kier molecular flexibility index (Phi) is 3.52. The Balaban J connectivity index is 1.98. The van der Waals surface area contributed by atoms with Crippen LogP contribution in [0.25, 0.3) is 21.8 Å². The van der Waals surface area contributed by atoms with Crippen LogP contribution in [0, 0.1) is 0 Å². The largest absolute Gasteiger partial charge is 0.504 e. The molecule has 0 aliphatic carbocycles. The molecule has 0 saturated heterocycles. The molecule has 1 aromatic heterocycles. The van der Waals surface area contributed by atoms with Crippen LogP contribution < -0.4 is 0 Å². The Morgan fingerprint density at radius 3 is 2.55 bits per heavy atom. The number of aromatic carboxylic acids is 1. The third-order valence-corrected chi connectivity index (χ3v) is 4.02. The molecular weight excluding hydrogens is 302 g/mol. The number of hydrogen-bond donors (Lipinski definition) is 3. The van der Waals surface area contributed by atoms with Gasteiger partial charge in [-0.1, -0.05) is 12.1 Å². The molecule has 2 aromatic carbocycles. The van der Waals surface area contributed by atoms with Crippen molar-refractivity contribution < 1.29 is 20.1 Å². The fraction of sp³-hybridized carbons (Fsp3) is 0. The number of carbonyl (C=O) groups is 1. The van der Waals surface area contributed by atoms with Gasteiger partial charge in [0.1, 0.15) is 5.01 Å². The minimum Gasteiger partial charge on any atom is -0.504 e. The molecule has 0 saturated carbocycles. The molecule has 22 heavy (non-hydrogen) atoms. The van der Waals surface area contributed by atoms with Crippen molar-refractivity contribution in [2.45, 2.75) is 0 Å². The smallest absolute Gasteiger partial charge is 0.335 e. The van der Waals surface area contributed by atoms with E-state index >= 15 is 0 Å². The van der Waals surface area contributed by atoms with Crippen LogP contribution in [-0.4, -0.2) is 26.3 Å². The van der Waals surface area contributed by atoms with Crippen LogP contribution >= 0.6 is 11.3 Å². The van der Waals surface area contributed by atoms with Gasteiger partial charge in [-0.05, 0) is 30.3 Å². The second-order valence-corrected chi connectivity index (χ2v) is 5.49. The maximum Gasteiger partial charge on any atom is 0.335 e. The number of phenolic OH excluding ortho intramolecular Hbond substituents is 2. The molecule has 0 bridgehead atoms. The van der Waals surface area contributed by atoms with Crippen LogP contribution in [0.3, 0.4) is 0 Å². The highest BCUT2D eigenvalue weighted by Gasteiger charge is 2.10. The van der Waals surface area contributed by atoms with E-state index in [9.17, 15) is 15.0 Å². The summed E-state index contributed by atoms with van der Waals surface area (Å²) in [5.74, 6) is -1.38. The van der Waals surface area contributed by atoms with Crippen LogP contribution in [0.15, 0.2) is 47.8 Å². The summed E-state index contributed by atoms with van der Waals surface area (Å²) in [6.45, 7) is 0. The van der Waals surface area contributed by atoms with Gasteiger partial charge in [0, 0.05) is 16.5 Å². The lowest BCUT2D eigenvalue weighted by Gasteiger charge is -2.01. The van der Waals surface area contributed by atoms with Crippen molar-refractivity contribution in [1.29, 1.82) is 0 Å². The van der Waals surface area contributed by atoms with E-state index in [0.29, 0.717) is 16.3 Å². The standard InChI is InChI=1S/C16H11NO4S/c18-13-5-4-9(7-14(13)19)12-8-22-15(17-12)10-2-1-3-11(6-10)16(20)21/h1-8,18-19H,(H,20,21). The molecule has 3 rings (SSSR count). The molecule has 0 aliphatic heterocycles. The summed E-state index contributed by atoms with van der Waals surface area (Å²) in [7, 11) is 0. The summed E-state index contributed by atoms with van der Waals surface area (Å²) in [6.07, 6.45) is 0. The van der Waals surface area contributed by atoms with Gasteiger partial charge in [0.25, 0.3) is 0 Å². The monoisotopic (exact) mass is 313 g/mol. The number of rotatable bonds is 3. The Morgan fingerprint density at radius 2 is 1.82 bits per heavy atom.